The maximum Gasteiger partial charge on any atom is 0.159 e. The fourth-order valence-electron chi connectivity index (χ4n) is 1.80. The van der Waals surface area contributed by atoms with E-state index in [0.717, 1.165) is 11.1 Å². The molecule has 0 spiro atoms. The van der Waals surface area contributed by atoms with Gasteiger partial charge in [0.15, 0.2) is 11.6 Å². The molecule has 1 unspecified atom stereocenters. The average Bonchev–Trinajstić information content (AvgIpc) is 2.43. The van der Waals surface area contributed by atoms with Gasteiger partial charge in [-0.05, 0) is 48.1 Å². The van der Waals surface area contributed by atoms with Gasteiger partial charge in [-0.25, -0.2) is 8.78 Å². The number of rotatable bonds is 4. The third-order valence-corrected chi connectivity index (χ3v) is 4.47. The summed E-state index contributed by atoms with van der Waals surface area (Å²) in [6.07, 6.45) is 2.65. The van der Waals surface area contributed by atoms with Crippen molar-refractivity contribution in [3.8, 4) is 0 Å². The van der Waals surface area contributed by atoms with Gasteiger partial charge in [-0.3, -0.25) is 0 Å². The van der Waals surface area contributed by atoms with E-state index in [1.807, 2.05) is 18.4 Å². The van der Waals surface area contributed by atoms with E-state index in [1.54, 1.807) is 17.8 Å². The topological polar surface area (TPSA) is 0 Å². The number of thioether (sulfide) groups is 1. The van der Waals surface area contributed by atoms with Crippen molar-refractivity contribution in [2.45, 2.75) is 16.1 Å². The van der Waals surface area contributed by atoms with E-state index in [9.17, 15) is 8.78 Å². The Morgan fingerprint density at radius 2 is 1.74 bits per heavy atom. The molecule has 4 heteroatoms. The van der Waals surface area contributed by atoms with Gasteiger partial charge in [-0.1, -0.05) is 34.1 Å². The van der Waals surface area contributed by atoms with Gasteiger partial charge in [0.05, 0.1) is 0 Å². The van der Waals surface area contributed by atoms with Crippen molar-refractivity contribution in [2.75, 3.05) is 6.26 Å². The summed E-state index contributed by atoms with van der Waals surface area (Å²) in [7, 11) is 0. The van der Waals surface area contributed by atoms with Crippen LogP contribution in [-0.2, 0) is 6.42 Å². The van der Waals surface area contributed by atoms with Crippen molar-refractivity contribution < 1.29 is 8.78 Å². The molecule has 0 N–H and O–H groups in total. The van der Waals surface area contributed by atoms with Gasteiger partial charge < -0.3 is 0 Å². The molecule has 0 aliphatic carbocycles. The van der Waals surface area contributed by atoms with Crippen LogP contribution in [0.3, 0.4) is 0 Å². The van der Waals surface area contributed by atoms with E-state index in [4.69, 9.17) is 0 Å². The fourth-order valence-corrected chi connectivity index (χ4v) is 2.89. The van der Waals surface area contributed by atoms with Gasteiger partial charge in [0.2, 0.25) is 0 Å². The zero-order chi connectivity index (χ0) is 13.8. The van der Waals surface area contributed by atoms with Crippen molar-refractivity contribution in [2.24, 2.45) is 0 Å². The first-order valence-electron chi connectivity index (χ1n) is 5.82. The quantitative estimate of drug-likeness (QED) is 0.532. The van der Waals surface area contributed by atoms with Gasteiger partial charge in [-0.2, -0.15) is 0 Å². The molecule has 0 aromatic heterocycles. The largest absolute Gasteiger partial charge is 0.204 e. The van der Waals surface area contributed by atoms with Crippen molar-refractivity contribution in [3.05, 3.63) is 65.2 Å². The SMILES string of the molecule is CSc1ccc(C(Br)Cc2ccc(F)c(F)c2)cc1. The van der Waals surface area contributed by atoms with Crippen LogP contribution in [0.5, 0.6) is 0 Å². The summed E-state index contributed by atoms with van der Waals surface area (Å²) in [5.41, 5.74) is 1.90. The lowest BCUT2D eigenvalue weighted by atomic mass is 10.0. The zero-order valence-corrected chi connectivity index (χ0v) is 12.8. The summed E-state index contributed by atoms with van der Waals surface area (Å²) in [5, 5.41) is 0. The molecule has 2 rings (SSSR count). The molecule has 19 heavy (non-hydrogen) atoms. The van der Waals surface area contributed by atoms with E-state index in [2.05, 4.69) is 28.1 Å². The zero-order valence-electron chi connectivity index (χ0n) is 10.4. The molecule has 2 aromatic carbocycles. The Bertz CT molecular complexity index is 555. The minimum Gasteiger partial charge on any atom is -0.204 e. The second-order valence-corrected chi connectivity index (χ2v) is 6.18. The average molecular weight is 343 g/mol. The fraction of sp³-hybridized carbons (Fsp3) is 0.200. The van der Waals surface area contributed by atoms with Crippen molar-refractivity contribution >= 4 is 27.7 Å². The first-order chi connectivity index (χ1) is 9.10. The van der Waals surface area contributed by atoms with Gasteiger partial charge in [0, 0.05) is 9.72 Å². The molecular formula is C15H13BrF2S. The Morgan fingerprint density at radius 1 is 1.05 bits per heavy atom. The van der Waals surface area contributed by atoms with Crippen molar-refractivity contribution in [3.63, 3.8) is 0 Å². The molecule has 0 aliphatic rings. The molecule has 0 bridgehead atoms. The smallest absolute Gasteiger partial charge is 0.159 e. The van der Waals surface area contributed by atoms with Crippen LogP contribution in [-0.4, -0.2) is 6.26 Å². The lowest BCUT2D eigenvalue weighted by molar-refractivity contribution is 0.507. The van der Waals surface area contributed by atoms with Crippen LogP contribution in [0.1, 0.15) is 16.0 Å². The Hall–Kier alpha value is -0.870. The van der Waals surface area contributed by atoms with Crippen LogP contribution < -0.4 is 0 Å². The van der Waals surface area contributed by atoms with Crippen LogP contribution in [0.2, 0.25) is 0 Å². The predicted molar refractivity (Wildman–Crippen MR) is 80.0 cm³/mol. The van der Waals surface area contributed by atoms with Gasteiger partial charge in [0.25, 0.3) is 0 Å². The summed E-state index contributed by atoms with van der Waals surface area (Å²) in [5.74, 6) is -1.60. The summed E-state index contributed by atoms with van der Waals surface area (Å²) < 4.78 is 26.0. The van der Waals surface area contributed by atoms with Gasteiger partial charge in [-0.15, -0.1) is 11.8 Å². The third-order valence-electron chi connectivity index (χ3n) is 2.88. The van der Waals surface area contributed by atoms with Crippen molar-refractivity contribution in [1.29, 1.82) is 0 Å². The van der Waals surface area contributed by atoms with Crippen LogP contribution in [0.4, 0.5) is 8.78 Å². The summed E-state index contributed by atoms with van der Waals surface area (Å²) in [6, 6.07) is 12.2. The second kappa shape index (κ2) is 6.53. The number of hydrogen-bond acceptors (Lipinski definition) is 1. The van der Waals surface area contributed by atoms with Gasteiger partial charge >= 0.3 is 0 Å². The maximum absolute atomic E-state index is 13.1. The number of hydrogen-bond donors (Lipinski definition) is 0. The maximum atomic E-state index is 13.1. The molecule has 0 saturated carbocycles. The standard InChI is InChI=1S/C15H13BrF2S/c1-19-12-5-3-11(4-6-12)13(16)8-10-2-7-14(17)15(18)9-10/h2-7,9,13H,8H2,1H3. The van der Waals surface area contributed by atoms with E-state index in [0.29, 0.717) is 6.42 Å². The van der Waals surface area contributed by atoms with Crippen LogP contribution in [0.15, 0.2) is 47.4 Å². The third kappa shape index (κ3) is 3.80. The van der Waals surface area contributed by atoms with E-state index >= 15 is 0 Å². The lowest BCUT2D eigenvalue weighted by Gasteiger charge is -2.11. The molecule has 1 atom stereocenters. The van der Waals surface area contributed by atoms with E-state index < -0.39 is 11.6 Å². The second-order valence-electron chi connectivity index (χ2n) is 4.19. The van der Waals surface area contributed by atoms with E-state index in [-0.39, 0.29) is 4.83 Å². The highest BCUT2D eigenvalue weighted by molar-refractivity contribution is 9.09. The van der Waals surface area contributed by atoms with Crippen LogP contribution in [0.25, 0.3) is 0 Å². The molecule has 100 valence electrons. The molecule has 0 aliphatic heterocycles. The Morgan fingerprint density at radius 3 is 2.32 bits per heavy atom. The monoisotopic (exact) mass is 342 g/mol. The molecule has 0 nitrogen and oxygen atoms in total. The minimum absolute atomic E-state index is 0.0910. The normalized spacial score (nSPS) is 12.4. The number of halogens is 3. The highest BCUT2D eigenvalue weighted by Gasteiger charge is 2.10. The minimum atomic E-state index is -0.806. The van der Waals surface area contributed by atoms with E-state index in [1.165, 1.54) is 17.0 Å². The predicted octanol–water partition coefficient (Wildman–Crippen LogP) is 5.37. The molecule has 0 fully saturated rings. The Labute approximate surface area is 124 Å². The first-order valence-corrected chi connectivity index (χ1v) is 7.96. The Kier molecular flexibility index (Phi) is 4.99. The lowest BCUT2D eigenvalue weighted by Crippen LogP contribution is -1.97. The summed E-state index contributed by atoms with van der Waals surface area (Å²) in [6.45, 7) is 0. The van der Waals surface area contributed by atoms with Crippen LogP contribution in [0, 0.1) is 11.6 Å². The van der Waals surface area contributed by atoms with Gasteiger partial charge in [0.1, 0.15) is 0 Å². The highest BCUT2D eigenvalue weighted by Crippen LogP contribution is 2.29. The van der Waals surface area contributed by atoms with Crippen molar-refractivity contribution in [1.82, 2.24) is 0 Å². The summed E-state index contributed by atoms with van der Waals surface area (Å²) in [4.78, 5) is 1.30. The number of alkyl halides is 1. The molecule has 2 aromatic rings. The first kappa shape index (κ1) is 14.5. The molecule has 0 saturated heterocycles. The molecular weight excluding hydrogens is 330 g/mol. The highest BCUT2D eigenvalue weighted by atomic mass is 79.9. The molecule has 0 heterocycles. The Balaban J connectivity index is 2.10. The number of benzene rings is 2. The molecule has 0 radical (unpaired) electrons. The molecule has 0 amide bonds. The van der Waals surface area contributed by atoms with Crippen LogP contribution >= 0.6 is 27.7 Å². The summed E-state index contributed by atoms with van der Waals surface area (Å²) >= 11 is 5.28.